The molecule has 0 aliphatic rings. The molecule has 0 spiro atoms. The molecule has 0 radical (unpaired) electrons. The van der Waals surface area contributed by atoms with Crippen LogP contribution in [-0.4, -0.2) is 37.8 Å². The molecule has 0 aliphatic carbocycles. The Bertz CT molecular complexity index is 813. The van der Waals surface area contributed by atoms with E-state index in [1.807, 2.05) is 24.3 Å². The van der Waals surface area contributed by atoms with Gasteiger partial charge in [0, 0.05) is 17.3 Å². The van der Waals surface area contributed by atoms with Gasteiger partial charge in [0.05, 0.1) is 11.5 Å². The second kappa shape index (κ2) is 11.4. The van der Waals surface area contributed by atoms with Crippen LogP contribution in [0.15, 0.2) is 28.7 Å². The third-order valence-corrected chi connectivity index (χ3v) is 6.18. The number of hydrogen-bond donors (Lipinski definition) is 4. The molecule has 0 unspecified atom stereocenters. The number of aromatic nitrogens is 2. The lowest BCUT2D eigenvalue weighted by Gasteiger charge is -2.02. The van der Waals surface area contributed by atoms with Gasteiger partial charge in [-0.25, -0.2) is 0 Å². The van der Waals surface area contributed by atoms with Gasteiger partial charge in [0.25, 0.3) is 0 Å². The number of thioether (sulfide) groups is 2. The van der Waals surface area contributed by atoms with Crippen LogP contribution < -0.4 is 11.1 Å². The third kappa shape index (κ3) is 8.87. The van der Waals surface area contributed by atoms with Gasteiger partial charge in [0.15, 0.2) is 5.17 Å². The quantitative estimate of drug-likeness (QED) is 0.242. The molecule has 11 heteroatoms. The Balaban J connectivity index is 1.67. The highest BCUT2D eigenvalue weighted by Gasteiger charge is 2.09. The summed E-state index contributed by atoms with van der Waals surface area (Å²) in [5.74, 6) is 1.54. The number of amides is 1. The molecule has 5 N–H and O–H groups in total. The van der Waals surface area contributed by atoms with E-state index >= 15 is 0 Å². The van der Waals surface area contributed by atoms with Gasteiger partial charge in [0.1, 0.15) is 5.01 Å². The summed E-state index contributed by atoms with van der Waals surface area (Å²) >= 11 is 7.47. The lowest BCUT2D eigenvalue weighted by molar-refractivity contribution is -0.115. The van der Waals surface area contributed by atoms with Crippen molar-refractivity contribution in [1.82, 2.24) is 10.2 Å². The van der Waals surface area contributed by atoms with Gasteiger partial charge in [-0.2, -0.15) is 11.8 Å². The molecule has 0 bridgehead atoms. The number of halogens is 1. The zero-order valence-electron chi connectivity index (χ0n) is 14.3. The fourth-order valence-electron chi connectivity index (χ4n) is 2.01. The SMILES string of the molecule is N=C(N)SC(=N)CCSCCc1nnc(NC(=O)Cc2cccc(Br)c2)s1. The number of rotatable bonds is 9. The number of nitrogens with zero attached hydrogens (tertiary/aromatic N) is 2. The van der Waals surface area contributed by atoms with E-state index in [4.69, 9.17) is 16.6 Å². The monoisotopic (exact) mass is 486 g/mol. The smallest absolute Gasteiger partial charge is 0.230 e. The minimum atomic E-state index is -0.119. The molecule has 1 aromatic heterocycles. The van der Waals surface area contributed by atoms with Crippen LogP contribution in [-0.2, 0) is 17.6 Å². The summed E-state index contributed by atoms with van der Waals surface area (Å²) in [5, 5.41) is 27.4. The van der Waals surface area contributed by atoms with Crippen molar-refractivity contribution >= 4 is 72.0 Å². The van der Waals surface area contributed by atoms with Gasteiger partial charge in [-0.3, -0.25) is 15.6 Å². The average Bonchev–Trinajstić information content (AvgIpc) is 3.01. The van der Waals surface area contributed by atoms with Crippen LogP contribution in [0.25, 0.3) is 0 Å². The molecule has 0 saturated carbocycles. The zero-order chi connectivity index (χ0) is 19.6. The second-order valence-electron chi connectivity index (χ2n) is 5.36. The van der Waals surface area contributed by atoms with Crippen LogP contribution in [0.3, 0.4) is 0 Å². The molecular formula is C16H19BrN6OS3. The predicted molar refractivity (Wildman–Crippen MR) is 119 cm³/mol. The van der Waals surface area contributed by atoms with Crippen molar-refractivity contribution in [2.24, 2.45) is 5.73 Å². The van der Waals surface area contributed by atoms with Gasteiger partial charge >= 0.3 is 0 Å². The molecule has 1 aromatic carbocycles. The number of carbonyl (C=O) groups excluding carboxylic acids is 1. The van der Waals surface area contributed by atoms with Crippen LogP contribution in [0, 0.1) is 10.8 Å². The maximum atomic E-state index is 12.1. The first kappa shape index (κ1) is 21.9. The summed E-state index contributed by atoms with van der Waals surface area (Å²) in [4.78, 5) is 12.1. The number of aryl methyl sites for hydroxylation is 1. The molecule has 2 rings (SSSR count). The standard InChI is InChI=1S/C16H19BrN6OS3/c17-11-3-1-2-10(8-11)9-13(24)21-16-23-22-14(27-16)5-7-25-6-4-12(18)26-15(19)20/h1-3,8,18H,4-7,9H2,(H3,19,20)(H,21,23,24). The third-order valence-electron chi connectivity index (χ3n) is 3.13. The predicted octanol–water partition coefficient (Wildman–Crippen LogP) is 3.75. The van der Waals surface area contributed by atoms with Crippen molar-refractivity contribution in [2.75, 3.05) is 16.8 Å². The first-order chi connectivity index (χ1) is 12.9. The van der Waals surface area contributed by atoms with Gasteiger partial charge in [0.2, 0.25) is 11.0 Å². The molecule has 0 fully saturated rings. The molecule has 144 valence electrons. The highest BCUT2D eigenvalue weighted by molar-refractivity contribution is 9.10. The zero-order valence-corrected chi connectivity index (χ0v) is 18.4. The van der Waals surface area contributed by atoms with E-state index < -0.39 is 0 Å². The largest absolute Gasteiger partial charge is 0.378 e. The van der Waals surface area contributed by atoms with Crippen molar-refractivity contribution in [2.45, 2.75) is 19.3 Å². The summed E-state index contributed by atoms with van der Waals surface area (Å²) in [6, 6.07) is 7.63. The van der Waals surface area contributed by atoms with Gasteiger partial charge in [-0.1, -0.05) is 39.4 Å². The number of nitrogens with two attached hydrogens (primary N) is 1. The highest BCUT2D eigenvalue weighted by Crippen LogP contribution is 2.19. The summed E-state index contributed by atoms with van der Waals surface area (Å²) in [7, 11) is 0. The fourth-order valence-corrected chi connectivity index (χ4v) is 4.83. The molecule has 0 saturated heterocycles. The molecule has 1 heterocycles. The van der Waals surface area contributed by atoms with E-state index in [1.54, 1.807) is 11.8 Å². The summed E-state index contributed by atoms with van der Waals surface area (Å²) in [6.07, 6.45) is 1.65. The Morgan fingerprint density at radius 1 is 1.30 bits per heavy atom. The van der Waals surface area contributed by atoms with Crippen LogP contribution in [0.5, 0.6) is 0 Å². The second-order valence-corrected chi connectivity index (χ2v) is 9.70. The van der Waals surface area contributed by atoms with Crippen molar-refractivity contribution in [3.8, 4) is 0 Å². The Morgan fingerprint density at radius 2 is 2.11 bits per heavy atom. The maximum absolute atomic E-state index is 12.1. The molecule has 7 nitrogen and oxygen atoms in total. The van der Waals surface area contributed by atoms with Crippen LogP contribution in [0.2, 0.25) is 0 Å². The highest BCUT2D eigenvalue weighted by atomic mass is 79.9. The van der Waals surface area contributed by atoms with Crippen molar-refractivity contribution in [3.63, 3.8) is 0 Å². The maximum Gasteiger partial charge on any atom is 0.230 e. The molecule has 1 amide bonds. The Labute approximate surface area is 178 Å². The number of hydrogen-bond acceptors (Lipinski definition) is 8. The lowest BCUT2D eigenvalue weighted by Crippen LogP contribution is -2.14. The number of nitrogens with one attached hydrogen (secondary N) is 3. The van der Waals surface area contributed by atoms with Gasteiger partial charge < -0.3 is 11.1 Å². The van der Waals surface area contributed by atoms with Gasteiger partial charge in [-0.05, 0) is 41.0 Å². The number of amidine groups is 1. The van der Waals surface area contributed by atoms with Crippen molar-refractivity contribution in [3.05, 3.63) is 39.3 Å². The Kier molecular flexibility index (Phi) is 9.25. The number of carbonyl (C=O) groups is 1. The van der Waals surface area contributed by atoms with E-state index in [0.717, 1.165) is 44.7 Å². The van der Waals surface area contributed by atoms with Gasteiger partial charge in [-0.15, -0.1) is 10.2 Å². The molecule has 2 aromatic rings. The Morgan fingerprint density at radius 3 is 2.85 bits per heavy atom. The Hall–Kier alpha value is -1.43. The summed E-state index contributed by atoms with van der Waals surface area (Å²) < 4.78 is 0.943. The van der Waals surface area contributed by atoms with Crippen LogP contribution >= 0.6 is 50.8 Å². The topological polar surface area (TPSA) is 129 Å². The molecule has 0 aliphatic heterocycles. The number of benzene rings is 1. The molecular weight excluding hydrogens is 468 g/mol. The fraction of sp³-hybridized carbons (Fsp3) is 0.312. The first-order valence-corrected chi connectivity index (χ1v) is 11.5. The minimum absolute atomic E-state index is 0.0478. The van der Waals surface area contributed by atoms with E-state index in [2.05, 4.69) is 31.4 Å². The average molecular weight is 487 g/mol. The summed E-state index contributed by atoms with van der Waals surface area (Å²) in [6.45, 7) is 0. The molecule has 0 atom stereocenters. The molecule has 27 heavy (non-hydrogen) atoms. The number of anilines is 1. The normalized spacial score (nSPS) is 10.6. The van der Waals surface area contributed by atoms with E-state index in [9.17, 15) is 4.79 Å². The van der Waals surface area contributed by atoms with Crippen LogP contribution in [0.1, 0.15) is 17.0 Å². The minimum Gasteiger partial charge on any atom is -0.378 e. The summed E-state index contributed by atoms with van der Waals surface area (Å²) in [5.41, 5.74) is 6.17. The van der Waals surface area contributed by atoms with E-state index in [1.165, 1.54) is 11.3 Å². The van der Waals surface area contributed by atoms with Crippen molar-refractivity contribution < 1.29 is 4.79 Å². The van der Waals surface area contributed by atoms with E-state index in [0.29, 0.717) is 16.6 Å². The lowest BCUT2D eigenvalue weighted by atomic mass is 10.1. The van der Waals surface area contributed by atoms with Crippen molar-refractivity contribution in [1.29, 1.82) is 10.8 Å². The van der Waals surface area contributed by atoms with Crippen LogP contribution in [0.4, 0.5) is 5.13 Å². The van der Waals surface area contributed by atoms with E-state index in [-0.39, 0.29) is 17.5 Å². The first-order valence-electron chi connectivity index (χ1n) is 7.96.